The van der Waals surface area contributed by atoms with E-state index in [1.165, 1.54) is 19.3 Å². The number of hydrogen-bond acceptors (Lipinski definition) is 2. The molecule has 0 saturated heterocycles. The summed E-state index contributed by atoms with van der Waals surface area (Å²) in [5, 5.41) is 11.8. The van der Waals surface area contributed by atoms with Crippen molar-refractivity contribution in [3.8, 4) is 0 Å². The Morgan fingerprint density at radius 2 is 1.68 bits per heavy atom. The van der Waals surface area contributed by atoms with Crippen LogP contribution in [0, 0.1) is 10.8 Å². The number of carbonyl (C=O) groups is 2. The van der Waals surface area contributed by atoms with E-state index < -0.39 is 11.4 Å². The van der Waals surface area contributed by atoms with E-state index in [9.17, 15) is 9.59 Å². The standard InChI is InChI=1S/C15H29NO3/c1-6-7-8-9-14(2,3)11-16-12(17)10-15(4,5)13(18)19/h6-11H2,1-5H3,(H,16,17)(H,18,19). The van der Waals surface area contributed by atoms with E-state index in [4.69, 9.17) is 5.11 Å². The number of amides is 1. The number of rotatable bonds is 9. The van der Waals surface area contributed by atoms with Gasteiger partial charge in [0.25, 0.3) is 0 Å². The summed E-state index contributed by atoms with van der Waals surface area (Å²) in [6, 6.07) is 0. The van der Waals surface area contributed by atoms with Crippen LogP contribution in [0.4, 0.5) is 0 Å². The van der Waals surface area contributed by atoms with E-state index in [-0.39, 0.29) is 17.7 Å². The van der Waals surface area contributed by atoms with Crippen molar-refractivity contribution in [2.45, 2.75) is 66.7 Å². The van der Waals surface area contributed by atoms with Crippen molar-refractivity contribution in [1.29, 1.82) is 0 Å². The molecule has 0 aromatic heterocycles. The summed E-state index contributed by atoms with van der Waals surface area (Å²) < 4.78 is 0. The first-order valence-electron chi connectivity index (χ1n) is 7.11. The van der Waals surface area contributed by atoms with Gasteiger partial charge in [-0.1, -0.05) is 40.0 Å². The molecule has 0 aromatic carbocycles. The Morgan fingerprint density at radius 3 is 2.16 bits per heavy atom. The SMILES string of the molecule is CCCCCC(C)(C)CNC(=O)CC(C)(C)C(=O)O. The van der Waals surface area contributed by atoms with Gasteiger partial charge in [0, 0.05) is 13.0 Å². The second kappa shape index (κ2) is 7.51. The number of carboxylic acid groups (broad SMARTS) is 1. The summed E-state index contributed by atoms with van der Waals surface area (Å²) in [4.78, 5) is 22.7. The van der Waals surface area contributed by atoms with E-state index in [1.807, 2.05) is 0 Å². The molecule has 0 radical (unpaired) electrons. The summed E-state index contributed by atoms with van der Waals surface area (Å²) >= 11 is 0. The highest BCUT2D eigenvalue weighted by Gasteiger charge is 2.30. The monoisotopic (exact) mass is 271 g/mol. The lowest BCUT2D eigenvalue weighted by molar-refractivity contribution is -0.149. The summed E-state index contributed by atoms with van der Waals surface area (Å²) in [6.07, 6.45) is 4.66. The maximum atomic E-state index is 11.8. The smallest absolute Gasteiger partial charge is 0.309 e. The molecule has 0 rings (SSSR count). The van der Waals surface area contributed by atoms with Crippen molar-refractivity contribution in [3.63, 3.8) is 0 Å². The normalized spacial score (nSPS) is 12.3. The Labute approximate surface area is 117 Å². The van der Waals surface area contributed by atoms with Gasteiger partial charge in [-0.2, -0.15) is 0 Å². The Bertz CT molecular complexity index is 309. The Kier molecular flexibility index (Phi) is 7.09. The highest BCUT2D eigenvalue weighted by atomic mass is 16.4. The van der Waals surface area contributed by atoms with E-state index in [0.717, 1.165) is 6.42 Å². The molecule has 0 aliphatic rings. The zero-order valence-corrected chi connectivity index (χ0v) is 13.0. The van der Waals surface area contributed by atoms with Crippen LogP contribution in [0.1, 0.15) is 66.7 Å². The van der Waals surface area contributed by atoms with Crippen LogP contribution < -0.4 is 5.32 Å². The lowest BCUT2D eigenvalue weighted by atomic mass is 9.86. The van der Waals surface area contributed by atoms with Crippen LogP contribution in [0.3, 0.4) is 0 Å². The fraction of sp³-hybridized carbons (Fsp3) is 0.867. The first-order valence-corrected chi connectivity index (χ1v) is 7.11. The Balaban J connectivity index is 4.11. The van der Waals surface area contributed by atoms with E-state index in [2.05, 4.69) is 26.1 Å². The van der Waals surface area contributed by atoms with Crippen LogP contribution in [0.25, 0.3) is 0 Å². The molecule has 1 amide bonds. The molecule has 0 aromatic rings. The molecule has 0 fully saturated rings. The third-order valence-electron chi connectivity index (χ3n) is 3.40. The summed E-state index contributed by atoms with van der Waals surface area (Å²) in [5.74, 6) is -1.12. The van der Waals surface area contributed by atoms with Crippen LogP contribution >= 0.6 is 0 Å². The minimum absolute atomic E-state index is 0.0212. The van der Waals surface area contributed by atoms with Gasteiger partial charge in [0.05, 0.1) is 5.41 Å². The van der Waals surface area contributed by atoms with Crippen molar-refractivity contribution in [2.24, 2.45) is 10.8 Å². The maximum Gasteiger partial charge on any atom is 0.309 e. The molecule has 0 unspecified atom stereocenters. The van der Waals surface area contributed by atoms with Crippen molar-refractivity contribution < 1.29 is 14.7 Å². The zero-order valence-electron chi connectivity index (χ0n) is 13.0. The molecule has 0 heterocycles. The minimum Gasteiger partial charge on any atom is -0.481 e. The Morgan fingerprint density at radius 1 is 1.11 bits per heavy atom. The quantitative estimate of drug-likeness (QED) is 0.633. The zero-order chi connectivity index (χ0) is 15.1. The predicted molar refractivity (Wildman–Crippen MR) is 77.0 cm³/mol. The molecule has 4 heteroatoms. The molecule has 2 N–H and O–H groups in total. The fourth-order valence-corrected chi connectivity index (χ4v) is 1.82. The molecular formula is C15H29NO3. The van der Waals surface area contributed by atoms with Crippen molar-refractivity contribution in [3.05, 3.63) is 0 Å². The van der Waals surface area contributed by atoms with Gasteiger partial charge >= 0.3 is 5.97 Å². The van der Waals surface area contributed by atoms with Crippen molar-refractivity contribution in [2.75, 3.05) is 6.54 Å². The number of carbonyl (C=O) groups excluding carboxylic acids is 1. The average Bonchev–Trinajstić information content (AvgIpc) is 2.26. The van der Waals surface area contributed by atoms with Crippen LogP contribution in [0.15, 0.2) is 0 Å². The van der Waals surface area contributed by atoms with E-state index >= 15 is 0 Å². The summed E-state index contributed by atoms with van der Waals surface area (Å²) in [5.41, 5.74) is -0.936. The van der Waals surface area contributed by atoms with Gasteiger partial charge in [-0.25, -0.2) is 0 Å². The first kappa shape index (κ1) is 17.9. The third kappa shape index (κ3) is 7.85. The number of nitrogens with one attached hydrogen (secondary N) is 1. The van der Waals surface area contributed by atoms with Crippen molar-refractivity contribution in [1.82, 2.24) is 5.32 Å². The molecule has 19 heavy (non-hydrogen) atoms. The van der Waals surface area contributed by atoms with Crippen LogP contribution in [0.2, 0.25) is 0 Å². The van der Waals surface area contributed by atoms with Crippen molar-refractivity contribution >= 4 is 11.9 Å². The molecule has 0 spiro atoms. The van der Waals surface area contributed by atoms with Gasteiger partial charge in [0.15, 0.2) is 0 Å². The van der Waals surface area contributed by atoms with Crippen LogP contribution in [0.5, 0.6) is 0 Å². The molecular weight excluding hydrogens is 242 g/mol. The number of hydrogen-bond donors (Lipinski definition) is 2. The highest BCUT2D eigenvalue weighted by molar-refractivity contribution is 5.84. The average molecular weight is 271 g/mol. The van der Waals surface area contributed by atoms with Gasteiger partial charge in [0.1, 0.15) is 0 Å². The number of carboxylic acids is 1. The lowest BCUT2D eigenvalue weighted by Gasteiger charge is -2.26. The summed E-state index contributed by atoms with van der Waals surface area (Å²) in [7, 11) is 0. The van der Waals surface area contributed by atoms with Gasteiger partial charge in [-0.3, -0.25) is 9.59 Å². The topological polar surface area (TPSA) is 66.4 Å². The van der Waals surface area contributed by atoms with Crippen LogP contribution in [-0.4, -0.2) is 23.5 Å². The van der Waals surface area contributed by atoms with E-state index in [0.29, 0.717) is 6.54 Å². The molecule has 0 bridgehead atoms. The predicted octanol–water partition coefficient (Wildman–Crippen LogP) is 3.21. The molecule has 0 aliphatic heterocycles. The number of unbranched alkanes of at least 4 members (excludes halogenated alkanes) is 2. The molecule has 0 saturated carbocycles. The van der Waals surface area contributed by atoms with Gasteiger partial charge in [-0.15, -0.1) is 0 Å². The maximum absolute atomic E-state index is 11.8. The molecule has 0 aliphatic carbocycles. The molecule has 112 valence electrons. The second-order valence-corrected chi connectivity index (χ2v) is 6.76. The summed E-state index contributed by atoms with van der Waals surface area (Å²) in [6.45, 7) is 10.2. The second-order valence-electron chi connectivity index (χ2n) is 6.76. The highest BCUT2D eigenvalue weighted by Crippen LogP contribution is 2.24. The minimum atomic E-state index is -1.00. The molecule has 4 nitrogen and oxygen atoms in total. The lowest BCUT2D eigenvalue weighted by Crippen LogP contribution is -2.38. The van der Waals surface area contributed by atoms with Gasteiger partial charge < -0.3 is 10.4 Å². The third-order valence-corrected chi connectivity index (χ3v) is 3.40. The molecule has 0 atom stereocenters. The first-order chi connectivity index (χ1) is 8.60. The fourth-order valence-electron chi connectivity index (χ4n) is 1.82. The largest absolute Gasteiger partial charge is 0.481 e. The van der Waals surface area contributed by atoms with Crippen LogP contribution in [-0.2, 0) is 9.59 Å². The van der Waals surface area contributed by atoms with Gasteiger partial charge in [-0.05, 0) is 25.7 Å². The van der Waals surface area contributed by atoms with E-state index in [1.54, 1.807) is 13.8 Å². The number of aliphatic carboxylic acids is 1. The Hall–Kier alpha value is -1.06. The van der Waals surface area contributed by atoms with Gasteiger partial charge in [0.2, 0.25) is 5.91 Å².